The number of unbranched alkanes of at least 4 members (excludes halogenated alkanes) is 3. The van der Waals surface area contributed by atoms with Crippen LogP contribution in [0.3, 0.4) is 0 Å². The second-order valence-corrected chi connectivity index (χ2v) is 13.2. The summed E-state index contributed by atoms with van der Waals surface area (Å²) in [4.78, 5) is 43.2. The molecule has 0 unspecified atom stereocenters. The van der Waals surface area contributed by atoms with E-state index in [1.165, 1.54) is 19.3 Å². The highest BCUT2D eigenvalue weighted by Gasteiger charge is 2.27. The predicted molar refractivity (Wildman–Crippen MR) is 179 cm³/mol. The van der Waals surface area contributed by atoms with E-state index in [1.54, 1.807) is 6.07 Å². The second kappa shape index (κ2) is 14.8. The van der Waals surface area contributed by atoms with Crippen LogP contribution in [-0.4, -0.2) is 52.3 Å². The first kappa shape index (κ1) is 32.4. The van der Waals surface area contributed by atoms with Crippen LogP contribution in [0.4, 0.5) is 10.6 Å². The number of anilines is 1. The molecule has 1 fully saturated rings. The summed E-state index contributed by atoms with van der Waals surface area (Å²) >= 11 is 1.14. The van der Waals surface area contributed by atoms with E-state index < -0.39 is 11.6 Å². The predicted octanol–water partition coefficient (Wildman–Crippen LogP) is 7.57. The van der Waals surface area contributed by atoms with Gasteiger partial charge in [-0.25, -0.2) is 4.79 Å². The number of aromatic nitrogens is 2. The molecule has 45 heavy (non-hydrogen) atoms. The molecule has 2 aromatic carbocycles. The number of thiophene rings is 1. The lowest BCUT2D eigenvalue weighted by Gasteiger charge is -2.26. The Labute approximate surface area is 268 Å². The lowest BCUT2D eigenvalue weighted by Crippen LogP contribution is -2.40. The maximum absolute atomic E-state index is 13.4. The number of nitrogens with zero attached hydrogens (tertiary/aromatic N) is 3. The molecule has 0 radical (unpaired) electrons. The number of piperidine rings is 1. The molecule has 0 bridgehead atoms. The minimum Gasteiger partial charge on any atom is -0.448 e. The van der Waals surface area contributed by atoms with Crippen LogP contribution in [0.2, 0.25) is 0 Å². The van der Waals surface area contributed by atoms with Crippen LogP contribution in [0.25, 0.3) is 10.2 Å². The molecule has 238 valence electrons. The molecule has 9 nitrogen and oxygen atoms in total. The van der Waals surface area contributed by atoms with Gasteiger partial charge in [0.1, 0.15) is 4.83 Å². The first-order chi connectivity index (χ1) is 21.7. The van der Waals surface area contributed by atoms with Gasteiger partial charge in [0, 0.05) is 12.1 Å². The number of amides is 2. The fraction of sp³-hybridized carbons (Fsp3) is 0.429. The number of rotatable bonds is 12. The summed E-state index contributed by atoms with van der Waals surface area (Å²) in [7, 11) is 0. The second-order valence-electron chi connectivity index (χ2n) is 12.2. The van der Waals surface area contributed by atoms with Gasteiger partial charge < -0.3 is 15.4 Å². The molecule has 1 saturated heterocycles. The topological polar surface area (TPSA) is 106 Å². The smallest absolute Gasteiger partial charge is 0.436 e. The normalized spacial score (nSPS) is 13.9. The van der Waals surface area contributed by atoms with Gasteiger partial charge in [0.15, 0.2) is 5.82 Å². The zero-order valence-corrected chi connectivity index (χ0v) is 27.3. The van der Waals surface area contributed by atoms with E-state index in [9.17, 15) is 14.4 Å². The van der Waals surface area contributed by atoms with E-state index >= 15 is 0 Å². The summed E-state index contributed by atoms with van der Waals surface area (Å²) in [6.45, 7) is 9.35. The van der Waals surface area contributed by atoms with Gasteiger partial charge in [-0.05, 0) is 75.5 Å². The van der Waals surface area contributed by atoms with E-state index in [1.807, 2.05) is 68.4 Å². The molecule has 0 spiro atoms. The Hall–Kier alpha value is -4.02. The SMILES string of the molecule is CCCCCCOC(=O)n1nc(NC(=O)c2ccc(CN3CCCCC3)cc2)c2cc(C(=O)NC(C)(C)c3ccccc3)sc21. The third-order valence-corrected chi connectivity index (χ3v) is 9.31. The van der Waals surface area contributed by atoms with Crippen molar-refractivity contribution in [2.75, 3.05) is 25.0 Å². The lowest BCUT2D eigenvalue weighted by molar-refractivity contribution is 0.0915. The van der Waals surface area contributed by atoms with Crippen molar-refractivity contribution in [3.63, 3.8) is 0 Å². The Morgan fingerprint density at radius 3 is 2.38 bits per heavy atom. The van der Waals surface area contributed by atoms with Gasteiger partial charge in [-0.1, -0.05) is 75.1 Å². The molecule has 0 saturated carbocycles. The largest absolute Gasteiger partial charge is 0.448 e. The molecule has 2 aromatic heterocycles. The van der Waals surface area contributed by atoms with Gasteiger partial charge in [0.25, 0.3) is 11.8 Å². The van der Waals surface area contributed by atoms with Crippen LogP contribution < -0.4 is 10.6 Å². The Balaban J connectivity index is 1.36. The fourth-order valence-corrected chi connectivity index (χ4v) is 6.57. The molecule has 0 atom stereocenters. The number of hydrogen-bond donors (Lipinski definition) is 2. The van der Waals surface area contributed by atoms with E-state index in [4.69, 9.17) is 4.74 Å². The molecular weight excluding hydrogens is 586 g/mol. The third kappa shape index (κ3) is 8.18. The van der Waals surface area contributed by atoms with Crippen LogP contribution in [0.15, 0.2) is 60.7 Å². The molecule has 3 heterocycles. The zero-order chi connectivity index (χ0) is 31.8. The molecule has 1 aliphatic heterocycles. The molecule has 0 aliphatic carbocycles. The summed E-state index contributed by atoms with van der Waals surface area (Å²) in [6.07, 6.45) is 6.98. The molecule has 2 N–H and O–H groups in total. The Kier molecular flexibility index (Phi) is 10.7. The number of carbonyl (C=O) groups excluding carboxylic acids is 3. The fourth-order valence-electron chi connectivity index (χ4n) is 5.57. The van der Waals surface area contributed by atoms with Crippen LogP contribution in [0.5, 0.6) is 0 Å². The lowest BCUT2D eigenvalue weighted by atomic mass is 9.94. The van der Waals surface area contributed by atoms with Gasteiger partial charge in [0.2, 0.25) is 0 Å². The first-order valence-corrected chi connectivity index (χ1v) is 16.8. The Bertz CT molecular complexity index is 1600. The summed E-state index contributed by atoms with van der Waals surface area (Å²) in [5.74, 6) is -0.430. The van der Waals surface area contributed by atoms with Crippen LogP contribution >= 0.6 is 11.3 Å². The molecule has 4 aromatic rings. The molecule has 10 heteroatoms. The van der Waals surface area contributed by atoms with E-state index in [2.05, 4.69) is 27.6 Å². The number of fused-ring (bicyclic) bond motifs is 1. The van der Waals surface area contributed by atoms with Crippen molar-refractivity contribution >= 4 is 45.3 Å². The van der Waals surface area contributed by atoms with Gasteiger partial charge in [-0.3, -0.25) is 14.5 Å². The summed E-state index contributed by atoms with van der Waals surface area (Å²) < 4.78 is 6.67. The maximum Gasteiger partial charge on any atom is 0.436 e. The van der Waals surface area contributed by atoms with Crippen molar-refractivity contribution in [3.8, 4) is 0 Å². The molecular formula is C35H43N5O4S. The summed E-state index contributed by atoms with van der Waals surface area (Å²) in [5.41, 5.74) is 1.98. The average molecular weight is 630 g/mol. The minimum absolute atomic E-state index is 0.202. The Morgan fingerprint density at radius 2 is 1.67 bits per heavy atom. The maximum atomic E-state index is 13.4. The molecule has 5 rings (SSSR count). The number of ether oxygens (including phenoxy) is 1. The number of carbonyl (C=O) groups is 3. The monoisotopic (exact) mass is 629 g/mol. The van der Waals surface area contributed by atoms with Gasteiger partial charge in [-0.2, -0.15) is 4.68 Å². The van der Waals surface area contributed by atoms with E-state index in [0.29, 0.717) is 20.7 Å². The average Bonchev–Trinajstić information content (AvgIpc) is 3.63. The summed E-state index contributed by atoms with van der Waals surface area (Å²) in [5, 5.41) is 10.9. The van der Waals surface area contributed by atoms with Crippen molar-refractivity contribution < 1.29 is 19.1 Å². The Morgan fingerprint density at radius 1 is 0.933 bits per heavy atom. The highest BCUT2D eigenvalue weighted by molar-refractivity contribution is 7.20. The van der Waals surface area contributed by atoms with E-state index in [0.717, 1.165) is 72.5 Å². The van der Waals surface area contributed by atoms with Crippen LogP contribution in [0, 0.1) is 0 Å². The van der Waals surface area contributed by atoms with E-state index in [-0.39, 0.29) is 24.2 Å². The number of likely N-dealkylation sites (tertiary alicyclic amines) is 1. The van der Waals surface area contributed by atoms with Crippen molar-refractivity contribution in [2.45, 2.75) is 77.8 Å². The number of nitrogens with one attached hydrogen (secondary N) is 2. The quantitative estimate of drug-likeness (QED) is 0.157. The highest BCUT2D eigenvalue weighted by atomic mass is 32.1. The standard InChI is InChI=1S/C35H43N5O4S/c1-4-5-6-13-22-44-34(43)40-33-28(23-29(45-33)32(42)37-35(2,3)27-14-9-7-10-15-27)30(38-40)36-31(41)26-18-16-25(17-19-26)24-39-20-11-8-12-21-39/h7,9-10,14-19,23H,4-6,8,11-13,20-22,24H2,1-3H3,(H,37,42)(H,36,38,41). The molecule has 2 amide bonds. The highest BCUT2D eigenvalue weighted by Crippen LogP contribution is 2.33. The third-order valence-electron chi connectivity index (χ3n) is 8.20. The summed E-state index contributed by atoms with van der Waals surface area (Å²) in [6, 6.07) is 19.0. The van der Waals surface area contributed by atoms with Crippen molar-refractivity contribution in [1.82, 2.24) is 20.0 Å². The van der Waals surface area contributed by atoms with Gasteiger partial charge in [-0.15, -0.1) is 16.4 Å². The van der Waals surface area contributed by atoms with Gasteiger partial charge in [0.05, 0.1) is 22.4 Å². The van der Waals surface area contributed by atoms with Gasteiger partial charge >= 0.3 is 6.09 Å². The first-order valence-electron chi connectivity index (χ1n) is 16.0. The van der Waals surface area contributed by atoms with Crippen molar-refractivity contribution in [1.29, 1.82) is 0 Å². The van der Waals surface area contributed by atoms with Crippen molar-refractivity contribution in [2.24, 2.45) is 0 Å². The van der Waals surface area contributed by atoms with Crippen LogP contribution in [0.1, 0.15) is 96.9 Å². The zero-order valence-electron chi connectivity index (χ0n) is 26.4. The van der Waals surface area contributed by atoms with Crippen LogP contribution in [-0.2, 0) is 16.8 Å². The molecule has 1 aliphatic rings. The minimum atomic E-state index is -0.641. The number of benzene rings is 2. The number of hydrogen-bond acceptors (Lipinski definition) is 7. The van der Waals surface area contributed by atoms with Crippen molar-refractivity contribution in [3.05, 3.63) is 82.2 Å².